The Balaban J connectivity index is 1.02. The summed E-state index contributed by atoms with van der Waals surface area (Å²) in [5.41, 5.74) is 10.8. The Kier molecular flexibility index (Phi) is 8.93. The molecular weight excluding hydrogens is 683 g/mol. The molecule has 1 aliphatic carbocycles. The number of hydrogen-bond donors (Lipinski definition) is 0. The summed E-state index contributed by atoms with van der Waals surface area (Å²) in [6, 6.07) is 58.2. The molecule has 0 bridgehead atoms. The number of hydrogen-bond acceptors (Lipinski definition) is 4. The number of anilines is 3. The molecule has 10 rings (SSSR count). The van der Waals surface area contributed by atoms with Crippen molar-refractivity contribution in [2.45, 2.75) is 31.7 Å². The second kappa shape index (κ2) is 14.8. The zero-order chi connectivity index (χ0) is 37.3. The molecule has 0 N–H and O–H groups in total. The van der Waals surface area contributed by atoms with E-state index in [1.165, 1.54) is 16.3 Å². The predicted molar refractivity (Wildman–Crippen MR) is 235 cm³/mol. The number of nitrogens with zero attached hydrogens (tertiary/aromatic N) is 3. The highest BCUT2D eigenvalue weighted by Gasteiger charge is 2.24. The van der Waals surface area contributed by atoms with Gasteiger partial charge < -0.3 is 9.32 Å². The Hall–Kier alpha value is -6.78. The van der Waals surface area contributed by atoms with Crippen LogP contribution in [0.3, 0.4) is 0 Å². The monoisotopic (exact) mass is 723 g/mol. The van der Waals surface area contributed by atoms with Crippen LogP contribution in [0.5, 0.6) is 0 Å². The molecule has 1 aromatic heterocycles. The summed E-state index contributed by atoms with van der Waals surface area (Å²) in [7, 11) is 0. The largest absolute Gasteiger partial charge is 0.456 e. The predicted octanol–water partition coefficient (Wildman–Crippen LogP) is 14.1. The minimum absolute atomic E-state index is 0.0542. The third kappa shape index (κ3) is 6.43. The normalized spacial score (nSPS) is 17.1. The third-order valence-electron chi connectivity index (χ3n) is 11.2. The Morgan fingerprint density at radius 1 is 0.589 bits per heavy atom. The molecule has 2 heterocycles. The van der Waals surface area contributed by atoms with Crippen molar-refractivity contribution in [1.82, 2.24) is 0 Å². The van der Waals surface area contributed by atoms with Crippen molar-refractivity contribution < 1.29 is 4.42 Å². The Labute approximate surface area is 327 Å². The molecule has 2 aliphatic rings. The SMILES string of the molecule is C1=CCC(C2=NC(c3cccc4ccccc34)CCCC(c3cccc4oc5cc(-c6ccc(N(c7ccccc7)c7ccccc7)cc6)ccc5c34)=N2)C=C1. The van der Waals surface area contributed by atoms with Crippen molar-refractivity contribution in [2.24, 2.45) is 15.9 Å². The van der Waals surface area contributed by atoms with Gasteiger partial charge >= 0.3 is 0 Å². The molecular formula is C52H41N3O. The van der Waals surface area contributed by atoms with Crippen molar-refractivity contribution in [1.29, 1.82) is 0 Å². The summed E-state index contributed by atoms with van der Waals surface area (Å²) in [6.45, 7) is 0. The van der Waals surface area contributed by atoms with Crippen LogP contribution in [0.4, 0.5) is 17.1 Å². The van der Waals surface area contributed by atoms with Crippen LogP contribution in [-0.2, 0) is 0 Å². The van der Waals surface area contributed by atoms with E-state index in [0.717, 1.165) is 92.9 Å². The summed E-state index contributed by atoms with van der Waals surface area (Å²) >= 11 is 0. The smallest absolute Gasteiger partial charge is 0.136 e. The summed E-state index contributed by atoms with van der Waals surface area (Å²) in [5.74, 6) is 1.04. The molecule has 0 amide bonds. The van der Waals surface area contributed by atoms with E-state index in [9.17, 15) is 0 Å². The fourth-order valence-electron chi connectivity index (χ4n) is 8.47. The van der Waals surface area contributed by atoms with E-state index in [4.69, 9.17) is 14.4 Å². The molecule has 2 atom stereocenters. The average molecular weight is 724 g/mol. The van der Waals surface area contributed by atoms with Gasteiger partial charge in [0, 0.05) is 39.3 Å². The molecule has 4 heteroatoms. The van der Waals surface area contributed by atoms with E-state index in [-0.39, 0.29) is 12.0 Å². The summed E-state index contributed by atoms with van der Waals surface area (Å²) in [4.78, 5) is 13.3. The maximum absolute atomic E-state index is 6.62. The van der Waals surface area contributed by atoms with E-state index in [1.807, 2.05) is 0 Å². The summed E-state index contributed by atoms with van der Waals surface area (Å²) in [6.07, 6.45) is 12.5. The van der Waals surface area contributed by atoms with Gasteiger partial charge in [-0.3, -0.25) is 4.99 Å². The van der Waals surface area contributed by atoms with E-state index >= 15 is 0 Å². The number of furan rings is 1. The van der Waals surface area contributed by atoms with Gasteiger partial charge in [0.1, 0.15) is 17.0 Å². The van der Waals surface area contributed by atoms with Crippen LogP contribution in [0.1, 0.15) is 42.9 Å². The van der Waals surface area contributed by atoms with Crippen molar-refractivity contribution >= 4 is 61.3 Å². The van der Waals surface area contributed by atoms with E-state index in [1.54, 1.807) is 0 Å². The van der Waals surface area contributed by atoms with Gasteiger partial charge in [-0.2, -0.15) is 0 Å². The first-order chi connectivity index (χ1) is 27.8. The molecule has 2 unspecified atom stereocenters. The molecule has 0 saturated heterocycles. The molecule has 1 aliphatic heterocycles. The number of allylic oxidation sites excluding steroid dienone is 3. The van der Waals surface area contributed by atoms with Gasteiger partial charge in [0.15, 0.2) is 0 Å². The number of para-hydroxylation sites is 2. The number of rotatable bonds is 7. The Morgan fingerprint density at radius 3 is 2.09 bits per heavy atom. The highest BCUT2D eigenvalue weighted by Crippen LogP contribution is 2.39. The maximum atomic E-state index is 6.62. The maximum Gasteiger partial charge on any atom is 0.136 e. The van der Waals surface area contributed by atoms with Gasteiger partial charge in [-0.25, -0.2) is 4.99 Å². The molecule has 56 heavy (non-hydrogen) atoms. The highest BCUT2D eigenvalue weighted by atomic mass is 16.3. The third-order valence-corrected chi connectivity index (χ3v) is 11.2. The van der Waals surface area contributed by atoms with Crippen LogP contribution < -0.4 is 4.90 Å². The first-order valence-corrected chi connectivity index (χ1v) is 19.7. The fourth-order valence-corrected chi connectivity index (χ4v) is 8.47. The lowest BCUT2D eigenvalue weighted by molar-refractivity contribution is 0.618. The van der Waals surface area contributed by atoms with Gasteiger partial charge in [0.05, 0.1) is 11.8 Å². The van der Waals surface area contributed by atoms with Gasteiger partial charge in [-0.1, -0.05) is 133 Å². The first-order valence-electron chi connectivity index (χ1n) is 19.7. The first kappa shape index (κ1) is 33.8. The number of aliphatic imine (C=N–C) groups is 2. The molecule has 7 aromatic carbocycles. The summed E-state index contributed by atoms with van der Waals surface area (Å²) in [5, 5.41) is 4.75. The van der Waals surface area contributed by atoms with Crippen molar-refractivity contribution in [3.05, 3.63) is 199 Å². The lowest BCUT2D eigenvalue weighted by Gasteiger charge is -2.25. The topological polar surface area (TPSA) is 41.1 Å². The van der Waals surface area contributed by atoms with Crippen molar-refractivity contribution in [3.63, 3.8) is 0 Å². The lowest BCUT2D eigenvalue weighted by atomic mass is 9.91. The minimum Gasteiger partial charge on any atom is -0.456 e. The molecule has 0 radical (unpaired) electrons. The number of fused-ring (bicyclic) bond motifs is 4. The Morgan fingerprint density at radius 2 is 1.30 bits per heavy atom. The molecule has 270 valence electrons. The molecule has 8 aromatic rings. The zero-order valence-corrected chi connectivity index (χ0v) is 31.1. The average Bonchev–Trinajstić information content (AvgIpc) is 3.64. The van der Waals surface area contributed by atoms with Crippen LogP contribution >= 0.6 is 0 Å². The standard InChI is InChI=1S/C52H41N3O/c1-4-16-38(17-5-1)52-53-47(44-24-12-18-37-15-10-11-23-43(37)44)26-14-27-48(54-52)45-25-13-28-49-51(45)46-34-31-39(35-50(46)56-49)36-29-32-42(33-30-36)55(40-19-6-2-7-20-40)41-21-8-3-9-22-41/h1-13,15-16,18-25,28-35,38,47H,14,17,26-27H2. The van der Waals surface area contributed by atoms with Crippen LogP contribution in [0.25, 0.3) is 43.8 Å². The number of benzene rings is 7. The zero-order valence-electron chi connectivity index (χ0n) is 31.1. The van der Waals surface area contributed by atoms with E-state index in [2.05, 4.69) is 193 Å². The molecule has 0 spiro atoms. The van der Waals surface area contributed by atoms with Gasteiger partial charge in [-0.15, -0.1) is 0 Å². The highest BCUT2D eigenvalue weighted by molar-refractivity contribution is 6.21. The number of amidine groups is 1. The van der Waals surface area contributed by atoms with Crippen LogP contribution in [0.15, 0.2) is 202 Å². The molecule has 0 fully saturated rings. The summed E-state index contributed by atoms with van der Waals surface area (Å²) < 4.78 is 6.62. The van der Waals surface area contributed by atoms with Crippen molar-refractivity contribution in [3.8, 4) is 11.1 Å². The van der Waals surface area contributed by atoms with Crippen LogP contribution in [-0.4, -0.2) is 11.5 Å². The molecule has 0 saturated carbocycles. The van der Waals surface area contributed by atoms with Gasteiger partial charge in [0.25, 0.3) is 0 Å². The van der Waals surface area contributed by atoms with Gasteiger partial charge in [-0.05, 0) is 108 Å². The van der Waals surface area contributed by atoms with Crippen LogP contribution in [0.2, 0.25) is 0 Å². The second-order valence-corrected chi connectivity index (χ2v) is 14.7. The quantitative estimate of drug-likeness (QED) is 0.164. The van der Waals surface area contributed by atoms with Crippen LogP contribution in [0, 0.1) is 5.92 Å². The van der Waals surface area contributed by atoms with E-state index in [0.29, 0.717) is 0 Å². The molecule has 4 nitrogen and oxygen atoms in total. The second-order valence-electron chi connectivity index (χ2n) is 14.7. The minimum atomic E-state index is 0.0542. The van der Waals surface area contributed by atoms with Crippen molar-refractivity contribution in [2.75, 3.05) is 4.90 Å². The Bertz CT molecular complexity index is 2770. The van der Waals surface area contributed by atoms with Gasteiger partial charge in [0.2, 0.25) is 0 Å². The fraction of sp³-hybridized carbons (Fsp3) is 0.115. The van der Waals surface area contributed by atoms with E-state index < -0.39 is 0 Å². The lowest BCUT2D eigenvalue weighted by Crippen LogP contribution is -2.18.